The Morgan fingerprint density at radius 1 is 0.793 bits per heavy atom. The van der Waals surface area contributed by atoms with Crippen LogP contribution >= 0.6 is 58.0 Å². The summed E-state index contributed by atoms with van der Waals surface area (Å²) in [6, 6.07) is 16.9. The van der Waals surface area contributed by atoms with Crippen molar-refractivity contribution < 1.29 is 9.53 Å². The van der Waals surface area contributed by atoms with Crippen LogP contribution in [0.3, 0.4) is 0 Å². The number of ether oxygens (including phenoxy) is 1. The molecule has 29 heavy (non-hydrogen) atoms. The molecule has 0 radical (unpaired) electrons. The third-order valence-electron chi connectivity index (χ3n) is 4.02. The predicted octanol–water partition coefficient (Wildman–Crippen LogP) is 7.57. The van der Waals surface area contributed by atoms with Crippen LogP contribution in [0.4, 0.5) is 5.69 Å². The molecule has 3 aromatic carbocycles. The summed E-state index contributed by atoms with van der Waals surface area (Å²) in [6.07, 6.45) is 0. The van der Waals surface area contributed by atoms with Crippen LogP contribution in [0.5, 0.6) is 5.75 Å². The fraction of sp³-hybridized carbons (Fsp3) is 0.0952. The second-order valence-electron chi connectivity index (χ2n) is 6.06. The van der Waals surface area contributed by atoms with Gasteiger partial charge < -0.3 is 9.64 Å². The van der Waals surface area contributed by atoms with Crippen LogP contribution in [0.15, 0.2) is 60.7 Å². The van der Waals surface area contributed by atoms with Crippen molar-refractivity contribution in [2.75, 3.05) is 11.5 Å². The zero-order chi connectivity index (χ0) is 21.0. The van der Waals surface area contributed by atoms with Crippen molar-refractivity contribution in [3.63, 3.8) is 0 Å². The van der Waals surface area contributed by atoms with Gasteiger partial charge in [0.05, 0.1) is 16.6 Å². The van der Waals surface area contributed by atoms with Gasteiger partial charge in [0.2, 0.25) is 0 Å². The molecule has 0 bridgehead atoms. The Balaban J connectivity index is 1.83. The molecule has 3 nitrogen and oxygen atoms in total. The van der Waals surface area contributed by atoms with Crippen molar-refractivity contribution in [2.45, 2.75) is 6.54 Å². The Morgan fingerprint density at radius 3 is 2.24 bits per heavy atom. The Labute approximate surface area is 193 Å². The van der Waals surface area contributed by atoms with Crippen molar-refractivity contribution in [3.8, 4) is 5.75 Å². The summed E-state index contributed by atoms with van der Waals surface area (Å²) in [5.74, 6) is 0.146. The summed E-state index contributed by atoms with van der Waals surface area (Å²) in [7, 11) is 0. The van der Waals surface area contributed by atoms with E-state index in [4.69, 9.17) is 62.7 Å². The van der Waals surface area contributed by atoms with Gasteiger partial charge in [-0.25, -0.2) is 0 Å². The first kappa shape index (κ1) is 22.1. The van der Waals surface area contributed by atoms with Crippen LogP contribution in [0.1, 0.15) is 5.56 Å². The van der Waals surface area contributed by atoms with Gasteiger partial charge in [0.1, 0.15) is 5.75 Å². The molecule has 8 heteroatoms. The molecule has 0 atom stereocenters. The normalized spacial score (nSPS) is 10.7. The first-order chi connectivity index (χ1) is 13.8. The second kappa shape index (κ2) is 9.92. The molecular formula is C21H14Cl5NO2. The fourth-order valence-electron chi connectivity index (χ4n) is 2.58. The van der Waals surface area contributed by atoms with Crippen molar-refractivity contribution >= 4 is 69.6 Å². The zero-order valence-corrected chi connectivity index (χ0v) is 18.6. The molecule has 0 aliphatic carbocycles. The van der Waals surface area contributed by atoms with Gasteiger partial charge in [0.25, 0.3) is 5.91 Å². The summed E-state index contributed by atoms with van der Waals surface area (Å²) >= 11 is 30.3. The van der Waals surface area contributed by atoms with E-state index in [1.165, 1.54) is 0 Å². The van der Waals surface area contributed by atoms with E-state index in [0.717, 1.165) is 5.56 Å². The molecule has 0 N–H and O–H groups in total. The van der Waals surface area contributed by atoms with Gasteiger partial charge in [-0.1, -0.05) is 70.1 Å². The number of carbonyl (C=O) groups excluding carboxylic acids is 1. The molecule has 0 aliphatic rings. The summed E-state index contributed by atoms with van der Waals surface area (Å²) in [5, 5.41) is 2.23. The highest BCUT2D eigenvalue weighted by atomic mass is 35.5. The summed E-state index contributed by atoms with van der Waals surface area (Å²) in [4.78, 5) is 14.5. The van der Waals surface area contributed by atoms with E-state index < -0.39 is 0 Å². The zero-order valence-electron chi connectivity index (χ0n) is 14.8. The van der Waals surface area contributed by atoms with E-state index in [1.54, 1.807) is 65.6 Å². The van der Waals surface area contributed by atoms with Crippen LogP contribution in [0.25, 0.3) is 0 Å². The van der Waals surface area contributed by atoms with Crippen molar-refractivity contribution in [3.05, 3.63) is 91.3 Å². The fourth-order valence-corrected chi connectivity index (χ4v) is 3.52. The maximum Gasteiger partial charge on any atom is 0.265 e. The number of nitrogens with zero attached hydrogens (tertiary/aromatic N) is 1. The third-order valence-corrected chi connectivity index (χ3v) is 5.58. The third kappa shape index (κ3) is 5.94. The highest BCUT2D eigenvalue weighted by Gasteiger charge is 2.19. The molecular weight excluding hydrogens is 476 g/mol. The molecule has 0 spiro atoms. The molecule has 0 saturated carbocycles. The van der Waals surface area contributed by atoms with Gasteiger partial charge in [0.15, 0.2) is 6.61 Å². The van der Waals surface area contributed by atoms with Crippen LogP contribution in [0.2, 0.25) is 25.1 Å². The summed E-state index contributed by atoms with van der Waals surface area (Å²) in [5.41, 5.74) is 1.35. The quantitative estimate of drug-likeness (QED) is 0.357. The molecule has 3 rings (SSSR count). The predicted molar refractivity (Wildman–Crippen MR) is 121 cm³/mol. The van der Waals surface area contributed by atoms with E-state index in [1.807, 2.05) is 0 Å². The SMILES string of the molecule is O=C(COc1ccc(Cl)c(Cl)c1)N(Cc1ccc(Cl)cc1Cl)c1cccc(Cl)c1. The number of carbonyl (C=O) groups is 1. The molecule has 0 aliphatic heterocycles. The Morgan fingerprint density at radius 2 is 1.55 bits per heavy atom. The van der Waals surface area contributed by atoms with Crippen molar-refractivity contribution in [1.29, 1.82) is 0 Å². The van der Waals surface area contributed by atoms with Gasteiger partial charge in [-0.05, 0) is 48.0 Å². The lowest BCUT2D eigenvalue weighted by Crippen LogP contribution is -2.34. The number of hydrogen-bond acceptors (Lipinski definition) is 2. The minimum absolute atomic E-state index is 0.213. The van der Waals surface area contributed by atoms with E-state index in [-0.39, 0.29) is 19.1 Å². The first-order valence-electron chi connectivity index (χ1n) is 8.41. The van der Waals surface area contributed by atoms with E-state index in [2.05, 4.69) is 0 Å². The molecule has 0 aromatic heterocycles. The number of benzene rings is 3. The standard InChI is InChI=1S/C21H14Cl5NO2/c22-14-2-1-3-16(8-14)27(11-13-4-5-15(23)9-19(13)25)21(28)12-29-17-6-7-18(24)20(26)10-17/h1-10H,11-12H2. The molecule has 0 saturated heterocycles. The molecule has 0 fully saturated rings. The van der Waals surface area contributed by atoms with E-state index >= 15 is 0 Å². The lowest BCUT2D eigenvalue weighted by atomic mass is 10.2. The first-order valence-corrected chi connectivity index (χ1v) is 10.3. The summed E-state index contributed by atoms with van der Waals surface area (Å²) < 4.78 is 5.60. The van der Waals surface area contributed by atoms with Gasteiger partial charge in [-0.3, -0.25) is 4.79 Å². The van der Waals surface area contributed by atoms with Gasteiger partial charge in [-0.15, -0.1) is 0 Å². The minimum Gasteiger partial charge on any atom is -0.484 e. The second-order valence-corrected chi connectivity index (χ2v) is 8.15. The lowest BCUT2D eigenvalue weighted by molar-refractivity contribution is -0.120. The maximum atomic E-state index is 13.0. The molecule has 0 heterocycles. The highest BCUT2D eigenvalue weighted by Crippen LogP contribution is 2.28. The Kier molecular flexibility index (Phi) is 7.55. The average molecular weight is 490 g/mol. The van der Waals surface area contributed by atoms with Crippen LogP contribution in [0, 0.1) is 0 Å². The maximum absolute atomic E-state index is 13.0. The number of anilines is 1. The van der Waals surface area contributed by atoms with Gasteiger partial charge in [-0.2, -0.15) is 0 Å². The summed E-state index contributed by atoms with van der Waals surface area (Å²) in [6.45, 7) is 0.00952. The highest BCUT2D eigenvalue weighted by molar-refractivity contribution is 6.42. The molecule has 0 unspecified atom stereocenters. The van der Waals surface area contributed by atoms with Gasteiger partial charge >= 0.3 is 0 Å². The minimum atomic E-state index is -0.288. The van der Waals surface area contributed by atoms with Crippen LogP contribution < -0.4 is 9.64 Å². The van der Waals surface area contributed by atoms with E-state index in [9.17, 15) is 4.79 Å². The molecule has 1 amide bonds. The van der Waals surface area contributed by atoms with Crippen LogP contribution in [-0.4, -0.2) is 12.5 Å². The number of amides is 1. The Hall–Kier alpha value is -1.62. The number of rotatable bonds is 6. The Bertz CT molecular complexity index is 1040. The molecule has 3 aromatic rings. The van der Waals surface area contributed by atoms with Crippen LogP contribution in [-0.2, 0) is 11.3 Å². The smallest absolute Gasteiger partial charge is 0.265 e. The van der Waals surface area contributed by atoms with Gasteiger partial charge in [0, 0.05) is 26.8 Å². The largest absolute Gasteiger partial charge is 0.484 e. The topological polar surface area (TPSA) is 29.5 Å². The number of halogens is 5. The monoisotopic (exact) mass is 487 g/mol. The van der Waals surface area contributed by atoms with E-state index in [0.29, 0.717) is 36.6 Å². The number of hydrogen-bond donors (Lipinski definition) is 0. The lowest BCUT2D eigenvalue weighted by Gasteiger charge is -2.24. The molecule has 150 valence electrons. The average Bonchev–Trinajstić information content (AvgIpc) is 2.68. The van der Waals surface area contributed by atoms with Crippen molar-refractivity contribution in [2.24, 2.45) is 0 Å². The van der Waals surface area contributed by atoms with Crippen molar-refractivity contribution in [1.82, 2.24) is 0 Å².